The Bertz CT molecular complexity index is 527. The van der Waals surface area contributed by atoms with E-state index >= 15 is 0 Å². The molecule has 19 heavy (non-hydrogen) atoms. The maximum Gasteiger partial charge on any atom is 0.273 e. The fourth-order valence-corrected chi connectivity index (χ4v) is 3.42. The molecule has 1 aromatic rings. The number of carbonyl (C=O) groups excluding carboxylic acids is 1. The largest absolute Gasteiger partial charge is 0.440 e. The molecule has 0 atom stereocenters. The molecule has 5 nitrogen and oxygen atoms in total. The van der Waals surface area contributed by atoms with Gasteiger partial charge in [-0.15, -0.1) is 0 Å². The zero-order valence-electron chi connectivity index (χ0n) is 11.0. The molecule has 0 amide bonds. The molecule has 1 saturated carbocycles. The average molecular weight is 285 g/mol. The summed E-state index contributed by atoms with van der Waals surface area (Å²) in [7, 11) is -3.64. The van der Waals surface area contributed by atoms with E-state index in [4.69, 9.17) is 4.42 Å². The van der Waals surface area contributed by atoms with Gasteiger partial charge in [-0.3, -0.25) is 4.79 Å². The van der Waals surface area contributed by atoms with Crippen LogP contribution in [0.15, 0.2) is 21.6 Å². The van der Waals surface area contributed by atoms with Crippen molar-refractivity contribution in [3.05, 3.63) is 17.9 Å². The van der Waals surface area contributed by atoms with Crippen LogP contribution in [0.5, 0.6) is 0 Å². The summed E-state index contributed by atoms with van der Waals surface area (Å²) in [5.41, 5.74) is 0. The summed E-state index contributed by atoms with van der Waals surface area (Å²) < 4.78 is 31.4. The molecule has 0 bridgehead atoms. The van der Waals surface area contributed by atoms with Crippen molar-refractivity contribution >= 4 is 16.3 Å². The van der Waals surface area contributed by atoms with Crippen LogP contribution in [-0.2, 0) is 10.0 Å². The summed E-state index contributed by atoms with van der Waals surface area (Å²) >= 11 is 0. The van der Waals surface area contributed by atoms with Crippen LogP contribution in [0.25, 0.3) is 0 Å². The molecule has 0 saturated heterocycles. The third-order valence-corrected chi connectivity index (χ3v) is 4.98. The van der Waals surface area contributed by atoms with E-state index in [1.165, 1.54) is 12.1 Å². The average Bonchev–Trinajstić information content (AvgIpc) is 2.88. The highest BCUT2D eigenvalue weighted by molar-refractivity contribution is 7.89. The molecule has 1 heterocycles. The number of nitrogens with one attached hydrogen (secondary N) is 1. The van der Waals surface area contributed by atoms with Crippen LogP contribution < -0.4 is 4.72 Å². The van der Waals surface area contributed by atoms with Gasteiger partial charge in [0.1, 0.15) is 0 Å². The minimum Gasteiger partial charge on any atom is -0.440 e. The second kappa shape index (κ2) is 5.88. The molecule has 2 rings (SSSR count). The molecular weight excluding hydrogens is 266 g/mol. The molecular formula is C13H19NO4S. The van der Waals surface area contributed by atoms with Crippen LogP contribution in [0.4, 0.5) is 0 Å². The maximum atomic E-state index is 11.9. The number of sulfonamides is 1. The van der Waals surface area contributed by atoms with Gasteiger partial charge in [0, 0.05) is 6.54 Å². The van der Waals surface area contributed by atoms with E-state index in [-0.39, 0.29) is 10.9 Å². The molecule has 1 fully saturated rings. The van der Waals surface area contributed by atoms with Gasteiger partial charge in [-0.25, -0.2) is 13.1 Å². The summed E-state index contributed by atoms with van der Waals surface area (Å²) in [6.07, 6.45) is 4.91. The second-order valence-electron chi connectivity index (χ2n) is 5.25. The molecule has 0 unspecified atom stereocenters. The second-order valence-corrected chi connectivity index (χ2v) is 6.95. The minimum atomic E-state index is -3.64. The van der Waals surface area contributed by atoms with Crippen LogP contribution in [0, 0.1) is 11.8 Å². The number of hydrogen-bond acceptors (Lipinski definition) is 4. The van der Waals surface area contributed by atoms with Crippen molar-refractivity contribution in [2.45, 2.75) is 37.7 Å². The number of furan rings is 1. The Morgan fingerprint density at radius 2 is 2.00 bits per heavy atom. The summed E-state index contributed by atoms with van der Waals surface area (Å²) in [5, 5.41) is -0.196. The monoisotopic (exact) mass is 285 g/mol. The van der Waals surface area contributed by atoms with Crippen molar-refractivity contribution in [2.24, 2.45) is 11.8 Å². The fraction of sp³-hybridized carbons (Fsp3) is 0.615. The van der Waals surface area contributed by atoms with Gasteiger partial charge >= 0.3 is 0 Å². The van der Waals surface area contributed by atoms with Gasteiger partial charge < -0.3 is 4.42 Å². The lowest BCUT2D eigenvalue weighted by Gasteiger charge is -2.25. The van der Waals surface area contributed by atoms with Gasteiger partial charge in [0.2, 0.25) is 5.09 Å². The molecule has 0 aromatic carbocycles. The van der Waals surface area contributed by atoms with E-state index in [1.54, 1.807) is 0 Å². The van der Waals surface area contributed by atoms with Crippen molar-refractivity contribution in [3.8, 4) is 0 Å². The van der Waals surface area contributed by atoms with Crippen molar-refractivity contribution in [1.82, 2.24) is 4.72 Å². The molecule has 106 valence electrons. The lowest BCUT2D eigenvalue weighted by Crippen LogP contribution is -2.31. The first kappa shape index (κ1) is 14.3. The van der Waals surface area contributed by atoms with Gasteiger partial charge in [-0.2, -0.15) is 0 Å². The predicted molar refractivity (Wildman–Crippen MR) is 70.4 cm³/mol. The van der Waals surface area contributed by atoms with Crippen molar-refractivity contribution in [2.75, 3.05) is 6.54 Å². The molecule has 6 heteroatoms. The van der Waals surface area contributed by atoms with Gasteiger partial charge in [0.05, 0.1) is 0 Å². The van der Waals surface area contributed by atoms with Gasteiger partial charge in [-0.1, -0.05) is 19.8 Å². The quantitative estimate of drug-likeness (QED) is 0.841. The molecule has 0 aliphatic heterocycles. The van der Waals surface area contributed by atoms with E-state index in [0.29, 0.717) is 18.7 Å². The van der Waals surface area contributed by atoms with Crippen molar-refractivity contribution < 1.29 is 17.6 Å². The van der Waals surface area contributed by atoms with Gasteiger partial charge in [-0.05, 0) is 36.8 Å². The Kier molecular flexibility index (Phi) is 4.42. The molecule has 1 aromatic heterocycles. The lowest BCUT2D eigenvalue weighted by molar-refractivity contribution is 0.109. The molecule has 1 N–H and O–H groups in total. The summed E-state index contributed by atoms with van der Waals surface area (Å²) in [4.78, 5) is 10.5. The van der Waals surface area contributed by atoms with E-state index in [2.05, 4.69) is 11.6 Å². The van der Waals surface area contributed by atoms with Crippen LogP contribution in [0.1, 0.15) is 43.2 Å². The maximum absolute atomic E-state index is 11.9. The zero-order chi connectivity index (χ0) is 13.9. The van der Waals surface area contributed by atoms with E-state index < -0.39 is 10.0 Å². The highest BCUT2D eigenvalue weighted by Gasteiger charge is 2.23. The van der Waals surface area contributed by atoms with E-state index in [9.17, 15) is 13.2 Å². The summed E-state index contributed by atoms with van der Waals surface area (Å²) in [6.45, 7) is 2.66. The Hall–Kier alpha value is -1.14. The van der Waals surface area contributed by atoms with Crippen molar-refractivity contribution in [1.29, 1.82) is 0 Å². The topological polar surface area (TPSA) is 76.4 Å². The van der Waals surface area contributed by atoms with Gasteiger partial charge in [0.15, 0.2) is 12.0 Å². The zero-order valence-corrected chi connectivity index (χ0v) is 11.8. The van der Waals surface area contributed by atoms with Crippen LogP contribution in [0.2, 0.25) is 0 Å². The molecule has 0 radical (unpaired) electrons. The molecule has 1 aliphatic carbocycles. The molecule has 0 spiro atoms. The van der Waals surface area contributed by atoms with Crippen LogP contribution >= 0.6 is 0 Å². The van der Waals surface area contributed by atoms with E-state index in [0.717, 1.165) is 31.6 Å². The van der Waals surface area contributed by atoms with Crippen LogP contribution in [0.3, 0.4) is 0 Å². The van der Waals surface area contributed by atoms with E-state index in [1.807, 2.05) is 0 Å². The number of rotatable bonds is 5. The van der Waals surface area contributed by atoms with Crippen LogP contribution in [-0.4, -0.2) is 21.2 Å². The minimum absolute atomic E-state index is 0.0202. The first-order chi connectivity index (χ1) is 9.01. The SMILES string of the molecule is CC1CCC(CNS(=O)(=O)c2ccc(C=O)o2)CC1. The first-order valence-corrected chi connectivity index (χ1v) is 8.04. The normalized spacial score (nSPS) is 24.3. The number of aldehydes is 1. The lowest BCUT2D eigenvalue weighted by atomic mass is 9.83. The van der Waals surface area contributed by atoms with Crippen molar-refractivity contribution in [3.63, 3.8) is 0 Å². The third kappa shape index (κ3) is 3.67. The third-order valence-electron chi connectivity index (χ3n) is 3.68. The Morgan fingerprint density at radius 1 is 1.32 bits per heavy atom. The fourth-order valence-electron chi connectivity index (χ4n) is 2.37. The standard InChI is InChI=1S/C13H19NO4S/c1-10-2-4-11(5-3-10)8-14-19(16,17)13-7-6-12(9-15)18-13/h6-7,9-11,14H,2-5,8H2,1H3. The summed E-state index contributed by atoms with van der Waals surface area (Å²) in [6, 6.07) is 2.65. The highest BCUT2D eigenvalue weighted by Crippen LogP contribution is 2.28. The number of carbonyl (C=O) groups is 1. The smallest absolute Gasteiger partial charge is 0.273 e. The first-order valence-electron chi connectivity index (χ1n) is 6.56. The predicted octanol–water partition coefficient (Wildman–Crippen LogP) is 2.20. The summed E-state index contributed by atoms with van der Waals surface area (Å²) in [5.74, 6) is 1.16. The Morgan fingerprint density at radius 3 is 2.58 bits per heavy atom. The van der Waals surface area contributed by atoms with Gasteiger partial charge in [0.25, 0.3) is 10.0 Å². The number of hydrogen-bond donors (Lipinski definition) is 1. The Balaban J connectivity index is 1.92. The Labute approximate surface area is 113 Å². The highest BCUT2D eigenvalue weighted by atomic mass is 32.2. The molecule has 1 aliphatic rings.